The number of carboxylic acid groups (broad SMARTS) is 2. The van der Waals surface area contributed by atoms with Crippen LogP contribution in [0.4, 0.5) is 11.8 Å². The van der Waals surface area contributed by atoms with Crippen molar-refractivity contribution >= 4 is 51.7 Å². The third-order valence-electron chi connectivity index (χ3n) is 5.63. The van der Waals surface area contributed by atoms with Crippen molar-refractivity contribution in [3.8, 4) is 0 Å². The molecule has 0 spiro atoms. The molecule has 186 valence electrons. The molecule has 1 aromatic carbocycles. The van der Waals surface area contributed by atoms with E-state index in [-0.39, 0.29) is 31.0 Å². The van der Waals surface area contributed by atoms with Crippen molar-refractivity contribution in [3.63, 3.8) is 0 Å². The van der Waals surface area contributed by atoms with Crippen LogP contribution >= 0.6 is 0 Å². The third-order valence-corrected chi connectivity index (χ3v) is 5.63. The van der Waals surface area contributed by atoms with Crippen LogP contribution in [-0.2, 0) is 16.1 Å². The summed E-state index contributed by atoms with van der Waals surface area (Å²) in [6.45, 7) is 2.21. The molecule has 4 aromatic rings. The highest BCUT2D eigenvalue weighted by molar-refractivity contribution is 6.00. The largest absolute Gasteiger partial charge is 0.481 e. The molecule has 0 aliphatic rings. The molecule has 3 aromatic heterocycles. The maximum absolute atomic E-state index is 12.8. The Bertz CT molecular complexity index is 1500. The van der Waals surface area contributed by atoms with E-state index in [9.17, 15) is 19.5 Å². The van der Waals surface area contributed by atoms with E-state index in [0.29, 0.717) is 29.0 Å². The number of carbonyl (C=O) groups is 3. The molecule has 0 aliphatic carbocycles. The molecule has 0 bridgehead atoms. The number of hydrogen-bond acceptors (Lipinski definition) is 9. The molecule has 0 fully saturated rings. The smallest absolute Gasteiger partial charge is 0.326 e. The summed E-state index contributed by atoms with van der Waals surface area (Å²) in [5.74, 6) is -2.64. The van der Waals surface area contributed by atoms with Crippen LogP contribution in [0.5, 0.6) is 0 Å². The summed E-state index contributed by atoms with van der Waals surface area (Å²) >= 11 is 0. The van der Waals surface area contributed by atoms with Crippen LogP contribution in [0.15, 0.2) is 30.6 Å². The van der Waals surface area contributed by atoms with E-state index in [0.717, 1.165) is 16.5 Å². The lowest BCUT2D eigenvalue weighted by molar-refractivity contribution is -0.140. The Labute approximate surface area is 204 Å². The van der Waals surface area contributed by atoms with Crippen LogP contribution < -0.4 is 16.8 Å². The lowest BCUT2D eigenvalue weighted by Gasteiger charge is -2.15. The van der Waals surface area contributed by atoms with Crippen molar-refractivity contribution in [1.82, 2.24) is 29.8 Å². The van der Waals surface area contributed by atoms with Crippen LogP contribution in [0.3, 0.4) is 0 Å². The number of aliphatic carboxylic acids is 2. The number of carboxylic acids is 2. The molecule has 13 heteroatoms. The number of nitrogen functional groups attached to an aromatic ring is 2. The van der Waals surface area contributed by atoms with Gasteiger partial charge >= 0.3 is 11.9 Å². The van der Waals surface area contributed by atoms with Crippen molar-refractivity contribution in [3.05, 3.63) is 47.4 Å². The summed E-state index contributed by atoms with van der Waals surface area (Å²) in [6.07, 6.45) is 3.40. The standard InChI is InChI=1S/C23H24N8O5/c1-11-7-13(21(34)28-15(22(35)36)3-2-4-16(32)33)8-12-5-6-31(18(11)12)10-14-9-26-20-17(27-14)19(24)29-23(25)30-20/h5-9,15H,2-4,10H2,1H3,(H,28,34)(H,32,33)(H,35,36)(H4,24,25,26,29,30)/t15-/m0/s1. The van der Waals surface area contributed by atoms with Crippen molar-refractivity contribution < 1.29 is 24.6 Å². The molecule has 0 saturated heterocycles. The van der Waals surface area contributed by atoms with E-state index >= 15 is 0 Å². The van der Waals surface area contributed by atoms with Crippen LogP contribution in [0, 0.1) is 6.92 Å². The predicted molar refractivity (Wildman–Crippen MR) is 130 cm³/mol. The van der Waals surface area contributed by atoms with Crippen LogP contribution in [0.25, 0.3) is 22.1 Å². The molecule has 1 atom stereocenters. The molecule has 0 aliphatic heterocycles. The average molecular weight is 492 g/mol. The lowest BCUT2D eigenvalue weighted by Crippen LogP contribution is -2.40. The number of hydrogen-bond donors (Lipinski definition) is 5. The van der Waals surface area contributed by atoms with Gasteiger partial charge in [0.1, 0.15) is 6.04 Å². The van der Waals surface area contributed by atoms with Crippen LogP contribution in [0.2, 0.25) is 0 Å². The molecule has 0 unspecified atom stereocenters. The Balaban J connectivity index is 1.56. The van der Waals surface area contributed by atoms with Gasteiger partial charge < -0.3 is 31.6 Å². The van der Waals surface area contributed by atoms with E-state index in [4.69, 9.17) is 16.6 Å². The van der Waals surface area contributed by atoms with Gasteiger partial charge in [0, 0.05) is 23.6 Å². The molecular formula is C23H24N8O5. The number of nitrogens with one attached hydrogen (secondary N) is 1. The van der Waals surface area contributed by atoms with Crippen LogP contribution in [-0.4, -0.2) is 58.6 Å². The first kappa shape index (κ1) is 24.3. The van der Waals surface area contributed by atoms with Crippen LogP contribution in [0.1, 0.15) is 40.9 Å². The van der Waals surface area contributed by atoms with Crippen molar-refractivity contribution in [2.45, 2.75) is 38.8 Å². The highest BCUT2D eigenvalue weighted by Gasteiger charge is 2.22. The summed E-state index contributed by atoms with van der Waals surface area (Å²) in [5, 5.41) is 21.4. The van der Waals surface area contributed by atoms with Gasteiger partial charge in [-0.2, -0.15) is 9.97 Å². The second-order valence-corrected chi connectivity index (χ2v) is 8.33. The lowest BCUT2D eigenvalue weighted by atomic mass is 10.1. The van der Waals surface area contributed by atoms with E-state index < -0.39 is 23.9 Å². The monoisotopic (exact) mass is 492 g/mol. The fraction of sp³-hybridized carbons (Fsp3) is 0.261. The van der Waals surface area contributed by atoms with Gasteiger partial charge in [-0.15, -0.1) is 0 Å². The predicted octanol–water partition coefficient (Wildman–Crippen LogP) is 1.33. The Hall–Kier alpha value is -4.81. The topological polar surface area (TPSA) is 212 Å². The molecule has 1 amide bonds. The number of anilines is 2. The highest BCUT2D eigenvalue weighted by atomic mass is 16.4. The molecule has 13 nitrogen and oxygen atoms in total. The van der Waals surface area contributed by atoms with Gasteiger partial charge in [-0.3, -0.25) is 9.59 Å². The number of aryl methyl sites for hydroxylation is 1. The number of rotatable bonds is 9. The van der Waals surface area contributed by atoms with Gasteiger partial charge in [0.2, 0.25) is 5.95 Å². The summed E-state index contributed by atoms with van der Waals surface area (Å²) in [6, 6.07) is 4.00. The second-order valence-electron chi connectivity index (χ2n) is 8.33. The highest BCUT2D eigenvalue weighted by Crippen LogP contribution is 2.24. The zero-order chi connectivity index (χ0) is 26.0. The van der Waals surface area contributed by atoms with Gasteiger partial charge in [0.15, 0.2) is 17.0 Å². The number of benzene rings is 1. The van der Waals surface area contributed by atoms with Crippen molar-refractivity contribution in [2.75, 3.05) is 11.5 Å². The number of carbonyl (C=O) groups excluding carboxylic acids is 1. The molecular weight excluding hydrogens is 468 g/mol. The van der Waals surface area contributed by atoms with Gasteiger partial charge in [-0.25, -0.2) is 14.8 Å². The van der Waals surface area contributed by atoms with Crippen molar-refractivity contribution in [2.24, 2.45) is 0 Å². The molecule has 7 N–H and O–H groups in total. The van der Waals surface area contributed by atoms with Gasteiger partial charge in [0.25, 0.3) is 5.91 Å². The number of amides is 1. The maximum atomic E-state index is 12.8. The van der Waals surface area contributed by atoms with Crippen molar-refractivity contribution in [1.29, 1.82) is 0 Å². The first-order valence-electron chi connectivity index (χ1n) is 11.0. The van der Waals surface area contributed by atoms with E-state index in [1.54, 1.807) is 18.3 Å². The van der Waals surface area contributed by atoms with Gasteiger partial charge in [-0.1, -0.05) is 0 Å². The fourth-order valence-electron chi connectivity index (χ4n) is 4.02. The molecule has 4 rings (SSSR count). The van der Waals surface area contributed by atoms with E-state index in [2.05, 4.69) is 25.3 Å². The molecule has 36 heavy (non-hydrogen) atoms. The molecule has 0 saturated carbocycles. The minimum Gasteiger partial charge on any atom is -0.481 e. The first-order valence-corrected chi connectivity index (χ1v) is 11.0. The quantitative estimate of drug-likeness (QED) is 0.225. The second kappa shape index (κ2) is 9.82. The molecule has 0 radical (unpaired) electrons. The number of fused-ring (bicyclic) bond motifs is 2. The normalized spacial score (nSPS) is 12.0. The zero-order valence-corrected chi connectivity index (χ0v) is 19.3. The number of nitrogens with two attached hydrogens (primary N) is 2. The zero-order valence-electron chi connectivity index (χ0n) is 19.3. The number of nitrogens with zero attached hydrogens (tertiary/aromatic N) is 5. The molecule has 3 heterocycles. The minimum absolute atomic E-state index is 0.0138. The number of aromatic nitrogens is 5. The van der Waals surface area contributed by atoms with E-state index in [1.807, 2.05) is 23.8 Å². The summed E-state index contributed by atoms with van der Waals surface area (Å²) in [4.78, 5) is 51.7. The fourth-order valence-corrected chi connectivity index (χ4v) is 4.02. The van der Waals surface area contributed by atoms with Gasteiger partial charge in [-0.05, 0) is 43.5 Å². The van der Waals surface area contributed by atoms with E-state index in [1.165, 1.54) is 0 Å². The first-order chi connectivity index (χ1) is 17.1. The average Bonchev–Trinajstić information content (AvgIpc) is 3.21. The summed E-state index contributed by atoms with van der Waals surface area (Å²) in [7, 11) is 0. The summed E-state index contributed by atoms with van der Waals surface area (Å²) in [5.41, 5.74) is 14.8. The Morgan fingerprint density at radius 2 is 1.92 bits per heavy atom. The SMILES string of the molecule is Cc1cc(C(=O)N[C@@H](CCCC(=O)O)C(=O)O)cc2ccn(Cc3cnc4nc(N)nc(N)c4n3)c12. The summed E-state index contributed by atoms with van der Waals surface area (Å²) < 4.78 is 1.95. The maximum Gasteiger partial charge on any atom is 0.326 e. The Morgan fingerprint density at radius 1 is 1.14 bits per heavy atom. The minimum atomic E-state index is -1.22. The Kier molecular flexibility index (Phi) is 6.63. The van der Waals surface area contributed by atoms with Gasteiger partial charge in [0.05, 0.1) is 24.0 Å². The third kappa shape index (κ3) is 5.14. The Morgan fingerprint density at radius 3 is 2.64 bits per heavy atom.